The zero-order valence-corrected chi connectivity index (χ0v) is 9.54. The molecule has 0 bridgehead atoms. The first-order valence-corrected chi connectivity index (χ1v) is 5.72. The van der Waals surface area contributed by atoms with E-state index in [0.29, 0.717) is 13.1 Å². The van der Waals surface area contributed by atoms with Crippen molar-refractivity contribution in [2.45, 2.75) is 18.9 Å². The van der Waals surface area contributed by atoms with E-state index in [2.05, 4.69) is 22.0 Å². The fourth-order valence-electron chi connectivity index (χ4n) is 2.41. The number of amides is 1. The number of piperidine rings is 1. The van der Waals surface area contributed by atoms with E-state index in [9.17, 15) is 4.79 Å². The van der Waals surface area contributed by atoms with E-state index in [1.165, 1.54) is 0 Å². The number of nitrogens with zero attached hydrogens (tertiary/aromatic N) is 5. The average molecular weight is 223 g/mol. The van der Waals surface area contributed by atoms with E-state index in [1.54, 1.807) is 0 Å². The topological polar surface area (TPSA) is 72.3 Å². The molecule has 0 aromatic carbocycles. The second-order valence-corrected chi connectivity index (χ2v) is 4.70. The number of azide groups is 1. The third-order valence-electron chi connectivity index (χ3n) is 3.36. The van der Waals surface area contributed by atoms with Crippen LogP contribution in [0.5, 0.6) is 0 Å². The quantitative estimate of drug-likeness (QED) is 0.395. The minimum Gasteiger partial charge on any atom is -0.341 e. The number of carbonyl (C=O) groups is 1. The molecule has 0 aliphatic carbocycles. The Bertz CT molecular complexity index is 319. The van der Waals surface area contributed by atoms with Gasteiger partial charge in [-0.2, -0.15) is 0 Å². The van der Waals surface area contributed by atoms with Crippen molar-refractivity contribution >= 4 is 5.91 Å². The molecule has 2 aliphatic heterocycles. The van der Waals surface area contributed by atoms with Crippen LogP contribution in [-0.2, 0) is 4.79 Å². The van der Waals surface area contributed by atoms with Gasteiger partial charge in [-0.1, -0.05) is 5.11 Å². The molecule has 1 atom stereocenters. The Hall–Kier alpha value is -1.26. The Kier molecular flexibility index (Phi) is 3.31. The minimum atomic E-state index is -0.00438. The number of hydrogen-bond donors (Lipinski definition) is 0. The lowest BCUT2D eigenvalue weighted by molar-refractivity contribution is -0.141. The molecule has 6 heteroatoms. The van der Waals surface area contributed by atoms with Crippen molar-refractivity contribution in [1.82, 2.24) is 9.80 Å². The summed E-state index contributed by atoms with van der Waals surface area (Å²) in [6.07, 6.45) is 2.09. The van der Waals surface area contributed by atoms with Crippen LogP contribution in [-0.4, -0.2) is 55.0 Å². The summed E-state index contributed by atoms with van der Waals surface area (Å²) in [4.78, 5) is 18.8. The van der Waals surface area contributed by atoms with Gasteiger partial charge in [-0.15, -0.1) is 0 Å². The molecule has 0 unspecified atom stereocenters. The van der Waals surface area contributed by atoms with Crippen molar-refractivity contribution in [1.29, 1.82) is 0 Å². The van der Waals surface area contributed by atoms with Gasteiger partial charge >= 0.3 is 0 Å². The second kappa shape index (κ2) is 4.72. The van der Waals surface area contributed by atoms with Crippen molar-refractivity contribution in [3.63, 3.8) is 0 Å². The Morgan fingerprint density at radius 1 is 1.44 bits per heavy atom. The van der Waals surface area contributed by atoms with E-state index < -0.39 is 0 Å². The van der Waals surface area contributed by atoms with Gasteiger partial charge < -0.3 is 9.80 Å². The van der Waals surface area contributed by atoms with Gasteiger partial charge in [-0.3, -0.25) is 4.79 Å². The van der Waals surface area contributed by atoms with Crippen LogP contribution in [0.1, 0.15) is 12.8 Å². The van der Waals surface area contributed by atoms with Crippen LogP contribution in [0.3, 0.4) is 0 Å². The molecule has 16 heavy (non-hydrogen) atoms. The zero-order chi connectivity index (χ0) is 11.5. The van der Waals surface area contributed by atoms with Crippen LogP contribution in [0, 0.1) is 5.92 Å². The summed E-state index contributed by atoms with van der Waals surface area (Å²) in [6, 6.07) is -0.00438. The molecular formula is C10H17N5O. The highest BCUT2D eigenvalue weighted by atomic mass is 16.2. The third-order valence-corrected chi connectivity index (χ3v) is 3.36. The molecule has 0 radical (unpaired) electrons. The molecular weight excluding hydrogens is 206 g/mol. The van der Waals surface area contributed by atoms with E-state index >= 15 is 0 Å². The van der Waals surface area contributed by atoms with Gasteiger partial charge in [0, 0.05) is 24.5 Å². The Morgan fingerprint density at radius 2 is 2.19 bits per heavy atom. The predicted molar refractivity (Wildman–Crippen MR) is 59.7 cm³/mol. The van der Waals surface area contributed by atoms with Crippen molar-refractivity contribution in [3.05, 3.63) is 10.4 Å². The molecule has 2 saturated heterocycles. The molecule has 2 heterocycles. The van der Waals surface area contributed by atoms with Gasteiger partial charge in [0.25, 0.3) is 0 Å². The van der Waals surface area contributed by atoms with E-state index in [0.717, 1.165) is 25.9 Å². The molecule has 0 saturated carbocycles. The first kappa shape index (κ1) is 11.2. The SMILES string of the molecule is CN1CCC[C@@H](C(=O)N2CC(N=[N+]=[N-])C2)C1. The van der Waals surface area contributed by atoms with Crippen LogP contribution < -0.4 is 0 Å². The summed E-state index contributed by atoms with van der Waals surface area (Å²) in [5, 5.41) is 3.60. The van der Waals surface area contributed by atoms with Crippen LogP contribution >= 0.6 is 0 Å². The molecule has 6 nitrogen and oxygen atoms in total. The molecule has 1 amide bonds. The highest BCUT2D eigenvalue weighted by molar-refractivity contribution is 5.80. The van der Waals surface area contributed by atoms with Gasteiger partial charge in [0.2, 0.25) is 5.91 Å². The Labute approximate surface area is 94.8 Å². The third kappa shape index (κ3) is 2.28. The van der Waals surface area contributed by atoms with Crippen LogP contribution in [0.25, 0.3) is 10.4 Å². The van der Waals surface area contributed by atoms with Gasteiger partial charge in [0.1, 0.15) is 0 Å². The maximum absolute atomic E-state index is 12.0. The number of hydrogen-bond acceptors (Lipinski definition) is 3. The smallest absolute Gasteiger partial charge is 0.226 e. The highest BCUT2D eigenvalue weighted by Crippen LogP contribution is 2.21. The summed E-state index contributed by atoms with van der Waals surface area (Å²) in [7, 11) is 2.05. The average Bonchev–Trinajstić information content (AvgIpc) is 2.22. The van der Waals surface area contributed by atoms with Crippen LogP contribution in [0.4, 0.5) is 0 Å². The van der Waals surface area contributed by atoms with Crippen molar-refractivity contribution in [2.24, 2.45) is 11.0 Å². The summed E-state index contributed by atoms with van der Waals surface area (Å²) in [6.45, 7) is 3.15. The van der Waals surface area contributed by atoms with E-state index in [4.69, 9.17) is 5.53 Å². The first-order valence-electron chi connectivity index (χ1n) is 5.72. The van der Waals surface area contributed by atoms with Crippen molar-refractivity contribution in [2.75, 3.05) is 33.2 Å². The normalized spacial score (nSPS) is 27.1. The van der Waals surface area contributed by atoms with Gasteiger partial charge in [-0.05, 0) is 32.0 Å². The lowest BCUT2D eigenvalue weighted by atomic mass is 9.95. The molecule has 0 aromatic heterocycles. The van der Waals surface area contributed by atoms with E-state index in [1.807, 2.05) is 4.90 Å². The molecule has 2 rings (SSSR count). The van der Waals surface area contributed by atoms with Crippen molar-refractivity contribution in [3.8, 4) is 0 Å². The summed E-state index contributed by atoms with van der Waals surface area (Å²) < 4.78 is 0. The highest BCUT2D eigenvalue weighted by Gasteiger charge is 2.35. The van der Waals surface area contributed by atoms with Gasteiger partial charge in [0.05, 0.1) is 12.0 Å². The lowest BCUT2D eigenvalue weighted by Gasteiger charge is -2.40. The fourth-order valence-corrected chi connectivity index (χ4v) is 2.41. The number of likely N-dealkylation sites (tertiary alicyclic amines) is 2. The fraction of sp³-hybridized carbons (Fsp3) is 0.900. The molecule has 88 valence electrons. The van der Waals surface area contributed by atoms with Gasteiger partial charge in [-0.25, -0.2) is 0 Å². The summed E-state index contributed by atoms with van der Waals surface area (Å²) in [5.74, 6) is 0.377. The van der Waals surface area contributed by atoms with Gasteiger partial charge in [0.15, 0.2) is 0 Å². The monoisotopic (exact) mass is 223 g/mol. The van der Waals surface area contributed by atoms with Crippen LogP contribution in [0.2, 0.25) is 0 Å². The number of rotatable bonds is 2. The molecule has 2 fully saturated rings. The van der Waals surface area contributed by atoms with Crippen LogP contribution in [0.15, 0.2) is 5.11 Å². The first-order chi connectivity index (χ1) is 7.70. The predicted octanol–water partition coefficient (Wildman–Crippen LogP) is 0.849. The molecule has 0 spiro atoms. The minimum absolute atomic E-state index is 0.00438. The van der Waals surface area contributed by atoms with E-state index in [-0.39, 0.29) is 17.9 Å². The largest absolute Gasteiger partial charge is 0.341 e. The summed E-state index contributed by atoms with van der Waals surface area (Å²) >= 11 is 0. The molecule has 0 N–H and O–H groups in total. The number of carbonyl (C=O) groups excluding carboxylic acids is 1. The standard InChI is InChI=1S/C10H17N5O/c1-14-4-2-3-8(5-14)10(16)15-6-9(7-15)12-13-11/h8-9H,2-7H2,1H3/t8-/m1/s1. The molecule has 0 aromatic rings. The van der Waals surface area contributed by atoms with Crippen molar-refractivity contribution < 1.29 is 4.79 Å². The Morgan fingerprint density at radius 3 is 2.81 bits per heavy atom. The molecule has 2 aliphatic rings. The maximum Gasteiger partial charge on any atom is 0.226 e. The second-order valence-electron chi connectivity index (χ2n) is 4.70. The maximum atomic E-state index is 12.0. The lowest BCUT2D eigenvalue weighted by Crippen LogP contribution is -2.56. The zero-order valence-electron chi connectivity index (χ0n) is 9.54. The summed E-state index contributed by atoms with van der Waals surface area (Å²) in [5.41, 5.74) is 8.26. The Balaban J connectivity index is 1.82.